The lowest BCUT2D eigenvalue weighted by molar-refractivity contribution is -0.138. The van der Waals surface area contributed by atoms with Crippen molar-refractivity contribution in [1.82, 2.24) is 0 Å². The number of aryl methyl sites for hydroxylation is 1. The second-order valence-electron chi connectivity index (χ2n) is 4.00. The first-order chi connectivity index (χ1) is 9.92. The maximum atomic E-state index is 13.9. The van der Waals surface area contributed by atoms with Crippen molar-refractivity contribution in [2.75, 3.05) is 26.6 Å². The van der Waals surface area contributed by atoms with Gasteiger partial charge in [0.05, 0.1) is 33.1 Å². The van der Waals surface area contributed by atoms with Crippen LogP contribution in [0.4, 0.5) is 10.1 Å². The summed E-state index contributed by atoms with van der Waals surface area (Å²) in [5.74, 6) is -1.78. The van der Waals surface area contributed by atoms with Crippen LogP contribution in [0, 0.1) is 12.7 Å². The molecule has 7 heteroatoms. The predicted octanol–water partition coefficient (Wildman–Crippen LogP) is 1.78. The minimum Gasteiger partial charge on any atom is -0.496 e. The van der Waals surface area contributed by atoms with Crippen molar-refractivity contribution in [2.45, 2.75) is 6.92 Å². The van der Waals surface area contributed by atoms with Crippen molar-refractivity contribution in [1.29, 1.82) is 0 Å². The van der Waals surface area contributed by atoms with Crippen molar-refractivity contribution in [2.24, 2.45) is 0 Å². The third-order valence-corrected chi connectivity index (χ3v) is 2.62. The molecule has 0 aliphatic rings. The Morgan fingerprint density at radius 3 is 2.38 bits per heavy atom. The van der Waals surface area contributed by atoms with Gasteiger partial charge in [0.2, 0.25) is 0 Å². The fourth-order valence-electron chi connectivity index (χ4n) is 1.55. The van der Waals surface area contributed by atoms with Gasteiger partial charge in [0.25, 0.3) is 0 Å². The molecule has 0 aliphatic heterocycles. The fraction of sp³-hybridized carbons (Fsp3) is 0.286. The van der Waals surface area contributed by atoms with E-state index in [0.29, 0.717) is 11.3 Å². The molecule has 0 saturated carbocycles. The minimum atomic E-state index is -0.834. The molecule has 0 amide bonds. The summed E-state index contributed by atoms with van der Waals surface area (Å²) in [7, 11) is 3.74. The molecule has 1 aromatic rings. The highest BCUT2D eigenvalue weighted by Gasteiger charge is 2.16. The van der Waals surface area contributed by atoms with Crippen LogP contribution in [0.15, 0.2) is 23.9 Å². The third kappa shape index (κ3) is 4.20. The largest absolute Gasteiger partial charge is 0.496 e. The van der Waals surface area contributed by atoms with Gasteiger partial charge >= 0.3 is 11.9 Å². The highest BCUT2D eigenvalue weighted by atomic mass is 19.1. The molecule has 1 N–H and O–H groups in total. The molecule has 1 aromatic carbocycles. The van der Waals surface area contributed by atoms with E-state index in [0.717, 1.165) is 20.3 Å². The monoisotopic (exact) mass is 297 g/mol. The standard InChI is InChI=1S/C14H16FNO5/c1-8-5-9(15)10(6-12(8)19-2)16-11(14(18)21-4)7-13(17)20-3/h5-7,16H,1-4H3/b11-7+. The van der Waals surface area contributed by atoms with Gasteiger partial charge in [-0.1, -0.05) is 0 Å². The van der Waals surface area contributed by atoms with Crippen LogP contribution in [-0.2, 0) is 19.1 Å². The Hall–Kier alpha value is -2.57. The Labute approximate surface area is 121 Å². The number of ether oxygens (including phenoxy) is 3. The quantitative estimate of drug-likeness (QED) is 0.659. The summed E-state index contributed by atoms with van der Waals surface area (Å²) in [6, 6.07) is 2.62. The first-order valence-corrected chi connectivity index (χ1v) is 5.92. The maximum Gasteiger partial charge on any atom is 0.354 e. The highest BCUT2D eigenvalue weighted by Crippen LogP contribution is 2.26. The zero-order valence-electron chi connectivity index (χ0n) is 12.2. The lowest BCUT2D eigenvalue weighted by Crippen LogP contribution is -2.16. The van der Waals surface area contributed by atoms with Crippen LogP contribution in [0.25, 0.3) is 0 Å². The number of methoxy groups -OCH3 is 3. The van der Waals surface area contributed by atoms with Gasteiger partial charge in [0, 0.05) is 6.07 Å². The fourth-order valence-corrected chi connectivity index (χ4v) is 1.55. The van der Waals surface area contributed by atoms with E-state index >= 15 is 0 Å². The number of rotatable bonds is 5. The van der Waals surface area contributed by atoms with Crippen molar-refractivity contribution < 1.29 is 28.2 Å². The number of carbonyl (C=O) groups is 2. The van der Waals surface area contributed by atoms with E-state index in [-0.39, 0.29) is 11.4 Å². The van der Waals surface area contributed by atoms with Gasteiger partial charge in [0.15, 0.2) is 0 Å². The number of halogens is 1. The molecule has 0 heterocycles. The summed E-state index contributed by atoms with van der Waals surface area (Å²) >= 11 is 0. The van der Waals surface area contributed by atoms with Crippen LogP contribution in [0.2, 0.25) is 0 Å². The number of hydrogen-bond acceptors (Lipinski definition) is 6. The highest BCUT2D eigenvalue weighted by molar-refractivity contribution is 5.98. The molecule has 0 unspecified atom stereocenters. The van der Waals surface area contributed by atoms with Gasteiger partial charge in [0.1, 0.15) is 17.3 Å². The molecule has 0 radical (unpaired) electrons. The van der Waals surface area contributed by atoms with Crippen LogP contribution in [0.5, 0.6) is 5.75 Å². The van der Waals surface area contributed by atoms with Crippen LogP contribution in [0.3, 0.4) is 0 Å². The summed E-state index contributed by atoms with van der Waals surface area (Å²) < 4.78 is 27.9. The second kappa shape index (κ2) is 7.28. The summed E-state index contributed by atoms with van der Waals surface area (Å²) in [6.45, 7) is 1.68. The molecule has 6 nitrogen and oxygen atoms in total. The molecule has 0 bridgehead atoms. The normalized spacial score (nSPS) is 10.8. The third-order valence-electron chi connectivity index (χ3n) is 2.62. The molecule has 0 aromatic heterocycles. The van der Waals surface area contributed by atoms with Crippen molar-refractivity contribution in [3.05, 3.63) is 35.3 Å². The van der Waals surface area contributed by atoms with Crippen LogP contribution in [-0.4, -0.2) is 33.3 Å². The molecule has 0 fully saturated rings. The van der Waals surface area contributed by atoms with Crippen molar-refractivity contribution >= 4 is 17.6 Å². The smallest absolute Gasteiger partial charge is 0.354 e. The van der Waals surface area contributed by atoms with Gasteiger partial charge in [-0.15, -0.1) is 0 Å². The first kappa shape index (κ1) is 16.5. The van der Waals surface area contributed by atoms with E-state index in [4.69, 9.17) is 4.74 Å². The molecule has 0 saturated heterocycles. The number of esters is 2. The Morgan fingerprint density at radius 2 is 1.86 bits per heavy atom. The van der Waals surface area contributed by atoms with E-state index in [1.54, 1.807) is 6.92 Å². The van der Waals surface area contributed by atoms with E-state index in [9.17, 15) is 14.0 Å². The Bertz CT molecular complexity index is 583. The zero-order chi connectivity index (χ0) is 16.0. The number of carbonyl (C=O) groups excluding carboxylic acids is 2. The topological polar surface area (TPSA) is 73.9 Å². The van der Waals surface area contributed by atoms with Gasteiger partial charge < -0.3 is 19.5 Å². The Balaban J connectivity index is 3.18. The predicted molar refractivity (Wildman–Crippen MR) is 73.4 cm³/mol. The maximum absolute atomic E-state index is 13.9. The van der Waals surface area contributed by atoms with Gasteiger partial charge in [-0.05, 0) is 18.6 Å². The van der Waals surface area contributed by atoms with E-state index in [1.165, 1.54) is 19.2 Å². The van der Waals surface area contributed by atoms with Crippen LogP contribution >= 0.6 is 0 Å². The summed E-state index contributed by atoms with van der Waals surface area (Å²) in [5, 5.41) is 2.50. The molecule has 0 aliphatic carbocycles. The number of hydrogen-bond donors (Lipinski definition) is 1. The average molecular weight is 297 g/mol. The summed E-state index contributed by atoms with van der Waals surface area (Å²) in [5.41, 5.74) is 0.310. The number of nitrogens with one attached hydrogen (secondary N) is 1. The molecule has 1 rings (SSSR count). The average Bonchev–Trinajstić information content (AvgIpc) is 2.47. The molecule has 21 heavy (non-hydrogen) atoms. The van der Waals surface area contributed by atoms with Crippen LogP contribution in [0.1, 0.15) is 5.56 Å². The number of anilines is 1. The van der Waals surface area contributed by atoms with Gasteiger partial charge in [-0.3, -0.25) is 0 Å². The molecule has 114 valence electrons. The van der Waals surface area contributed by atoms with Crippen molar-refractivity contribution in [3.8, 4) is 5.75 Å². The lowest BCUT2D eigenvalue weighted by atomic mass is 10.2. The first-order valence-electron chi connectivity index (χ1n) is 5.92. The molecular weight excluding hydrogens is 281 g/mol. The Morgan fingerprint density at radius 1 is 1.19 bits per heavy atom. The van der Waals surface area contributed by atoms with E-state index in [1.807, 2.05) is 0 Å². The van der Waals surface area contributed by atoms with E-state index in [2.05, 4.69) is 14.8 Å². The second-order valence-corrected chi connectivity index (χ2v) is 4.00. The molecule has 0 atom stereocenters. The van der Waals surface area contributed by atoms with Gasteiger partial charge in [-0.2, -0.15) is 0 Å². The minimum absolute atomic E-state index is 0.0296. The zero-order valence-corrected chi connectivity index (χ0v) is 12.2. The van der Waals surface area contributed by atoms with Gasteiger partial charge in [-0.25, -0.2) is 14.0 Å². The molecular formula is C14H16FNO5. The summed E-state index contributed by atoms with van der Waals surface area (Å²) in [4.78, 5) is 22.8. The summed E-state index contributed by atoms with van der Waals surface area (Å²) in [6.07, 6.45) is 0.873. The van der Waals surface area contributed by atoms with E-state index < -0.39 is 17.8 Å². The van der Waals surface area contributed by atoms with Crippen molar-refractivity contribution in [3.63, 3.8) is 0 Å². The molecule has 0 spiro atoms. The van der Waals surface area contributed by atoms with Crippen LogP contribution < -0.4 is 10.1 Å². The SMILES string of the molecule is COC(=O)/C=C(/Nc1cc(OC)c(C)cc1F)C(=O)OC. The number of benzene rings is 1. The Kier molecular flexibility index (Phi) is 5.71. The lowest BCUT2D eigenvalue weighted by Gasteiger charge is -2.12.